The molecule has 20 unspecified atom stereocenters. The van der Waals surface area contributed by atoms with E-state index in [0.717, 1.165) is 12.8 Å². The molecule has 2 aliphatic heterocycles. The maximum absolute atomic E-state index is 11.1. The lowest BCUT2D eigenvalue weighted by atomic mass is 9.80. The van der Waals surface area contributed by atoms with Gasteiger partial charge in [-0.25, -0.2) is 0 Å². The van der Waals surface area contributed by atoms with Crippen LogP contribution in [0.4, 0.5) is 0 Å². The second-order valence-corrected chi connectivity index (χ2v) is 17.4. The summed E-state index contributed by atoms with van der Waals surface area (Å²) in [4.78, 5) is 3.90. The zero-order valence-corrected chi connectivity index (χ0v) is 35.2. The van der Waals surface area contributed by atoms with Crippen LogP contribution in [0.15, 0.2) is 0 Å². The third-order valence-corrected chi connectivity index (χ3v) is 12.3. The van der Waals surface area contributed by atoms with Crippen LogP contribution in [0, 0.1) is 5.92 Å². The number of nitrogens with two attached hydrogens (primary N) is 7. The molecule has 2 aliphatic carbocycles. The lowest BCUT2D eigenvalue weighted by molar-refractivity contribution is -0.293. The van der Waals surface area contributed by atoms with E-state index in [1.807, 2.05) is 30.8 Å². The second kappa shape index (κ2) is 23.8. The highest BCUT2D eigenvalue weighted by Crippen LogP contribution is 2.32. The quantitative estimate of drug-likeness (QED) is 0.0476. The van der Waals surface area contributed by atoms with Crippen molar-refractivity contribution >= 4 is 0 Å². The number of hydrogen-bond donors (Lipinski definition) is 15. The van der Waals surface area contributed by atoms with E-state index in [2.05, 4.69) is 0 Å². The molecule has 4 aliphatic rings. The minimum Gasteiger partial charge on any atom is -0.390 e. The smallest absolute Gasteiger partial charge is 0.176 e. The molecule has 354 valence electrons. The Labute approximate surface area is 352 Å². The van der Waals surface area contributed by atoms with Crippen molar-refractivity contribution in [2.45, 2.75) is 161 Å². The van der Waals surface area contributed by atoms with Gasteiger partial charge in [0.2, 0.25) is 0 Å². The van der Waals surface area contributed by atoms with Crippen LogP contribution in [0.3, 0.4) is 0 Å². The van der Waals surface area contributed by atoms with Crippen molar-refractivity contribution in [3.05, 3.63) is 0 Å². The van der Waals surface area contributed by atoms with Crippen LogP contribution >= 0.6 is 0 Å². The third-order valence-electron chi connectivity index (χ3n) is 12.3. The van der Waals surface area contributed by atoms with Crippen molar-refractivity contribution in [2.24, 2.45) is 46.1 Å². The monoisotopic (exact) mass is 872 g/mol. The predicted molar refractivity (Wildman–Crippen MR) is 215 cm³/mol. The minimum absolute atomic E-state index is 0.0826. The van der Waals surface area contributed by atoms with Crippen molar-refractivity contribution in [1.82, 2.24) is 9.80 Å². The van der Waals surface area contributed by atoms with Crippen LogP contribution in [0.25, 0.3) is 0 Å². The summed E-state index contributed by atoms with van der Waals surface area (Å²) in [6, 6.07) is -4.24. The largest absolute Gasteiger partial charge is 0.390 e. The van der Waals surface area contributed by atoms with Gasteiger partial charge in [0, 0.05) is 44.3 Å². The number of likely N-dealkylation sites (N-methyl/N-ethyl adjacent to an activating group) is 2. The standard InChI is InChI=1S/C37H77N9O14/c1-16-8-20(41)32(59-36-24(43)30(53)28(51)22(10-38)57-36)34(26(16)49)55-14-17(47)12-45(2)6-4-5-7-46(3)13-18(48)15-56-35-27(50)19(40)9-21(42)33(35)60-37-25(44)31(54)29(52)23(11-39)58-37/h16-37,47-54H,4-15,38-44H2,1-3H3/t16?,17-,18-,19?,20?,21?,22?,23?,24?,25?,26?,27?,28?,29?,30?,31?,32?,33?,34?,35?,36?,37?/m1/s1. The van der Waals surface area contributed by atoms with Gasteiger partial charge in [0.1, 0.15) is 61.0 Å². The molecule has 0 spiro atoms. The molecule has 0 radical (unpaired) electrons. The van der Waals surface area contributed by atoms with Gasteiger partial charge >= 0.3 is 0 Å². The minimum atomic E-state index is -1.38. The van der Waals surface area contributed by atoms with E-state index in [4.69, 9.17) is 68.6 Å². The maximum Gasteiger partial charge on any atom is 0.176 e. The number of rotatable bonds is 21. The number of hydrogen-bond acceptors (Lipinski definition) is 23. The molecule has 2 saturated carbocycles. The summed E-state index contributed by atoms with van der Waals surface area (Å²) >= 11 is 0. The van der Waals surface area contributed by atoms with Crippen molar-refractivity contribution in [1.29, 1.82) is 0 Å². The zero-order valence-electron chi connectivity index (χ0n) is 35.2. The molecule has 0 aromatic heterocycles. The van der Waals surface area contributed by atoms with E-state index in [9.17, 15) is 40.9 Å². The Hall–Kier alpha value is -0.920. The molecule has 0 aromatic carbocycles. The van der Waals surface area contributed by atoms with Gasteiger partial charge in [-0.3, -0.25) is 0 Å². The normalized spacial score (nSPS) is 44.0. The number of aliphatic hydroxyl groups is 8. The Morgan fingerprint density at radius 2 is 0.967 bits per heavy atom. The maximum atomic E-state index is 11.1. The van der Waals surface area contributed by atoms with E-state index in [-0.39, 0.29) is 51.7 Å². The number of ether oxygens (including phenoxy) is 6. The first-order valence-corrected chi connectivity index (χ1v) is 21.1. The molecule has 23 nitrogen and oxygen atoms in total. The molecule has 4 fully saturated rings. The van der Waals surface area contributed by atoms with Crippen molar-refractivity contribution in [2.75, 3.05) is 66.6 Å². The Bertz CT molecular complexity index is 1150. The Morgan fingerprint density at radius 3 is 1.38 bits per heavy atom. The SMILES string of the molecule is CC1CC(N)C(OC2OC(CN)C(O)C(O)C2N)C(OC[C@H](O)CN(C)CCCCN(C)C[C@@H](O)COC2C(O)C(N)CC(N)C2OC2OC(CN)C(O)C(O)C2N)C1O. The second-order valence-electron chi connectivity index (χ2n) is 17.4. The average molecular weight is 872 g/mol. The highest BCUT2D eigenvalue weighted by Gasteiger charge is 2.50. The Balaban J connectivity index is 1.18. The van der Waals surface area contributed by atoms with E-state index < -0.39 is 128 Å². The van der Waals surface area contributed by atoms with Crippen LogP contribution in [-0.2, 0) is 28.4 Å². The summed E-state index contributed by atoms with van der Waals surface area (Å²) in [6.07, 6.45) is -15.2. The molecule has 2 saturated heterocycles. The van der Waals surface area contributed by atoms with Crippen LogP contribution < -0.4 is 40.1 Å². The van der Waals surface area contributed by atoms with Crippen LogP contribution in [0.1, 0.15) is 32.6 Å². The number of nitrogens with zero attached hydrogens (tertiary/aromatic N) is 2. The van der Waals surface area contributed by atoms with Crippen molar-refractivity contribution in [3.8, 4) is 0 Å². The molecule has 0 aromatic rings. The van der Waals surface area contributed by atoms with Crippen LogP contribution in [0.2, 0.25) is 0 Å². The first-order chi connectivity index (χ1) is 28.3. The fourth-order valence-corrected chi connectivity index (χ4v) is 8.54. The van der Waals surface area contributed by atoms with Gasteiger partial charge in [0.25, 0.3) is 0 Å². The summed E-state index contributed by atoms with van der Waals surface area (Å²) < 4.78 is 35.6. The van der Waals surface area contributed by atoms with Gasteiger partial charge in [-0.1, -0.05) is 6.92 Å². The van der Waals surface area contributed by atoms with Gasteiger partial charge in [0.05, 0.1) is 49.7 Å². The van der Waals surface area contributed by atoms with Gasteiger partial charge < -0.3 is 119 Å². The van der Waals surface area contributed by atoms with Crippen molar-refractivity contribution in [3.63, 3.8) is 0 Å². The van der Waals surface area contributed by atoms with E-state index >= 15 is 0 Å². The van der Waals surface area contributed by atoms with Gasteiger partial charge in [-0.2, -0.15) is 0 Å². The van der Waals surface area contributed by atoms with Crippen molar-refractivity contribution < 1.29 is 69.3 Å². The van der Waals surface area contributed by atoms with Crippen LogP contribution in [0.5, 0.6) is 0 Å². The van der Waals surface area contributed by atoms with E-state index in [1.165, 1.54) is 0 Å². The summed E-state index contributed by atoms with van der Waals surface area (Å²) in [5, 5.41) is 85.0. The predicted octanol–water partition coefficient (Wildman–Crippen LogP) is -8.49. The molecular weight excluding hydrogens is 794 g/mol. The zero-order chi connectivity index (χ0) is 44.6. The molecule has 23 heteroatoms. The summed E-state index contributed by atoms with van der Waals surface area (Å²) in [5.41, 5.74) is 42.5. The van der Waals surface area contributed by atoms with Gasteiger partial charge in [-0.15, -0.1) is 0 Å². The van der Waals surface area contributed by atoms with Gasteiger partial charge in [-0.05, 0) is 58.8 Å². The summed E-state index contributed by atoms with van der Waals surface area (Å²) in [6.45, 7) is 3.20. The molecule has 0 bridgehead atoms. The molecule has 4 rings (SSSR count). The molecule has 0 amide bonds. The lowest BCUT2D eigenvalue weighted by Gasteiger charge is -2.47. The highest BCUT2D eigenvalue weighted by molar-refractivity contribution is 5.01. The first kappa shape index (κ1) is 51.7. The molecule has 60 heavy (non-hydrogen) atoms. The fraction of sp³-hybridized carbons (Fsp3) is 1.00. The topological polar surface area (TPSA) is 406 Å². The molecular formula is C37H77N9O14. The van der Waals surface area contributed by atoms with E-state index in [1.54, 1.807) is 0 Å². The Kier molecular flexibility index (Phi) is 20.6. The molecule has 22 atom stereocenters. The third kappa shape index (κ3) is 13.3. The number of aliphatic hydroxyl groups excluding tert-OH is 8. The van der Waals surface area contributed by atoms with E-state index in [0.29, 0.717) is 19.5 Å². The first-order valence-electron chi connectivity index (χ1n) is 21.1. The van der Waals surface area contributed by atoms with Gasteiger partial charge in [0.15, 0.2) is 12.6 Å². The molecule has 2 heterocycles. The summed E-state index contributed by atoms with van der Waals surface area (Å²) in [5.74, 6) is -0.225. The fourth-order valence-electron chi connectivity index (χ4n) is 8.54. The average Bonchev–Trinajstić information content (AvgIpc) is 3.20. The molecule has 22 N–H and O–H groups in total. The van der Waals surface area contributed by atoms with Crippen LogP contribution in [-0.4, -0.2) is 245 Å². The Morgan fingerprint density at radius 1 is 0.567 bits per heavy atom. The lowest BCUT2D eigenvalue weighted by Crippen LogP contribution is -2.68. The highest BCUT2D eigenvalue weighted by atomic mass is 16.7. The summed E-state index contributed by atoms with van der Waals surface area (Å²) in [7, 11) is 3.73. The number of unbranched alkanes of at least 4 members (excludes halogenated alkanes) is 1.